The van der Waals surface area contributed by atoms with E-state index < -0.39 is 0 Å². The van der Waals surface area contributed by atoms with Crippen molar-refractivity contribution in [1.29, 1.82) is 0 Å². The van der Waals surface area contributed by atoms with Crippen LogP contribution in [0.5, 0.6) is 0 Å². The third-order valence-corrected chi connectivity index (χ3v) is 4.95. The molecule has 17 heavy (non-hydrogen) atoms. The van der Waals surface area contributed by atoms with Crippen molar-refractivity contribution in [2.24, 2.45) is 5.73 Å². The average Bonchev–Trinajstić information content (AvgIpc) is 2.96. The number of thiophene rings is 1. The molecule has 1 unspecified atom stereocenters. The number of rotatable bonds is 6. The van der Waals surface area contributed by atoms with Crippen LogP contribution in [-0.4, -0.2) is 13.1 Å². The van der Waals surface area contributed by atoms with Crippen LogP contribution in [-0.2, 0) is 0 Å². The average molecular weight is 315 g/mol. The first-order chi connectivity index (χ1) is 8.29. The Morgan fingerprint density at radius 3 is 3.00 bits per heavy atom. The van der Waals surface area contributed by atoms with Crippen molar-refractivity contribution >= 4 is 27.3 Å². The van der Waals surface area contributed by atoms with Gasteiger partial charge >= 0.3 is 0 Å². The molecule has 3 N–H and O–H groups in total. The summed E-state index contributed by atoms with van der Waals surface area (Å²) in [6, 6.07) is 2.46. The second-order valence-electron chi connectivity index (χ2n) is 4.41. The van der Waals surface area contributed by atoms with Crippen LogP contribution < -0.4 is 11.1 Å². The monoisotopic (exact) mass is 314 g/mol. The molecule has 1 atom stereocenters. The normalized spacial score (nSPS) is 17.2. The summed E-state index contributed by atoms with van der Waals surface area (Å²) in [5, 5.41) is 5.66. The minimum Gasteiger partial charge on any atom is -0.329 e. The van der Waals surface area contributed by atoms with Crippen molar-refractivity contribution < 1.29 is 0 Å². The molecule has 0 saturated heterocycles. The molecule has 0 aromatic carbocycles. The smallest absolute Gasteiger partial charge is 0.0539 e. The second-order valence-corrected chi connectivity index (χ2v) is 6.27. The van der Waals surface area contributed by atoms with Gasteiger partial charge in [-0.3, -0.25) is 0 Å². The molecule has 0 fully saturated rings. The summed E-state index contributed by atoms with van der Waals surface area (Å²) < 4.78 is 1.15. The van der Waals surface area contributed by atoms with Gasteiger partial charge in [-0.15, -0.1) is 11.3 Å². The molecule has 1 heterocycles. The highest BCUT2D eigenvalue weighted by molar-refractivity contribution is 9.10. The van der Waals surface area contributed by atoms with Gasteiger partial charge in [-0.1, -0.05) is 11.6 Å². The fraction of sp³-hybridized carbons (Fsp3) is 0.538. The molecule has 0 bridgehead atoms. The van der Waals surface area contributed by atoms with E-state index in [0.717, 1.165) is 11.0 Å². The Labute approximate surface area is 115 Å². The summed E-state index contributed by atoms with van der Waals surface area (Å²) in [7, 11) is 0. The number of hydrogen-bond donors (Lipinski definition) is 2. The van der Waals surface area contributed by atoms with Gasteiger partial charge in [-0.2, -0.15) is 0 Å². The molecule has 1 aromatic rings. The lowest BCUT2D eigenvalue weighted by Crippen LogP contribution is -2.28. The van der Waals surface area contributed by atoms with Gasteiger partial charge in [0.2, 0.25) is 0 Å². The van der Waals surface area contributed by atoms with Gasteiger partial charge in [-0.05, 0) is 54.2 Å². The van der Waals surface area contributed by atoms with E-state index in [0.29, 0.717) is 12.6 Å². The quantitative estimate of drug-likeness (QED) is 0.787. The maximum absolute atomic E-state index is 5.82. The minimum absolute atomic E-state index is 0.299. The summed E-state index contributed by atoms with van der Waals surface area (Å²) in [5.74, 6) is 0. The van der Waals surface area contributed by atoms with E-state index in [9.17, 15) is 0 Å². The molecule has 4 heteroatoms. The van der Waals surface area contributed by atoms with E-state index in [1.165, 1.54) is 30.6 Å². The Morgan fingerprint density at radius 2 is 2.41 bits per heavy atom. The number of nitrogens with two attached hydrogens (primary N) is 1. The topological polar surface area (TPSA) is 38.0 Å². The van der Waals surface area contributed by atoms with Gasteiger partial charge in [0.1, 0.15) is 0 Å². The van der Waals surface area contributed by atoms with Crippen LogP contribution in [0.1, 0.15) is 36.6 Å². The molecule has 1 aliphatic rings. The predicted molar refractivity (Wildman–Crippen MR) is 78.4 cm³/mol. The molecule has 94 valence electrons. The molecule has 0 saturated carbocycles. The van der Waals surface area contributed by atoms with Crippen molar-refractivity contribution in [3.63, 3.8) is 0 Å². The zero-order valence-corrected chi connectivity index (χ0v) is 12.3. The van der Waals surface area contributed by atoms with Crippen molar-refractivity contribution in [3.05, 3.63) is 32.4 Å². The van der Waals surface area contributed by atoms with Crippen LogP contribution in [0.4, 0.5) is 0 Å². The zero-order chi connectivity index (χ0) is 12.1. The highest BCUT2D eigenvalue weighted by atomic mass is 79.9. The predicted octanol–water partition coefficient (Wildman–Crippen LogP) is 3.60. The first-order valence-corrected chi connectivity index (χ1v) is 7.82. The third kappa shape index (κ3) is 3.91. The lowest BCUT2D eigenvalue weighted by atomic mass is 10.1. The summed E-state index contributed by atoms with van der Waals surface area (Å²) in [6.07, 6.45) is 7.46. The summed E-state index contributed by atoms with van der Waals surface area (Å²) in [6.45, 7) is 1.69. The van der Waals surface area contributed by atoms with Crippen LogP contribution in [0.3, 0.4) is 0 Å². The Hall–Kier alpha value is -0.160. The van der Waals surface area contributed by atoms with Gasteiger partial charge in [0.15, 0.2) is 0 Å². The summed E-state index contributed by atoms with van der Waals surface area (Å²) in [4.78, 5) is 1.32. The highest BCUT2D eigenvalue weighted by Gasteiger charge is 2.11. The van der Waals surface area contributed by atoms with Crippen LogP contribution in [0, 0.1) is 0 Å². The Morgan fingerprint density at radius 1 is 1.53 bits per heavy atom. The molecule has 0 aliphatic heterocycles. The number of halogens is 1. The molecular formula is C13H19BrN2S. The first-order valence-electron chi connectivity index (χ1n) is 6.15. The summed E-state index contributed by atoms with van der Waals surface area (Å²) >= 11 is 5.25. The molecule has 0 spiro atoms. The molecule has 2 rings (SSSR count). The second kappa shape index (κ2) is 6.69. The van der Waals surface area contributed by atoms with Crippen LogP contribution >= 0.6 is 27.3 Å². The van der Waals surface area contributed by atoms with E-state index in [1.54, 1.807) is 16.9 Å². The standard InChI is InChI=1S/C13H19BrN2S/c14-11-7-13(17-9-11)12(8-15)16-6-5-10-3-1-2-4-10/h3,7,9,12,16H,1-2,4-6,8,15H2. The van der Waals surface area contributed by atoms with E-state index in [1.807, 2.05) is 0 Å². The molecule has 1 aromatic heterocycles. The highest BCUT2D eigenvalue weighted by Crippen LogP contribution is 2.25. The van der Waals surface area contributed by atoms with E-state index >= 15 is 0 Å². The van der Waals surface area contributed by atoms with Crippen LogP contribution in [0.15, 0.2) is 27.6 Å². The van der Waals surface area contributed by atoms with E-state index in [-0.39, 0.29) is 0 Å². The largest absolute Gasteiger partial charge is 0.329 e. The van der Waals surface area contributed by atoms with Crippen LogP contribution in [0.2, 0.25) is 0 Å². The summed E-state index contributed by atoms with van der Waals surface area (Å²) in [5.41, 5.74) is 7.43. The fourth-order valence-electron chi connectivity index (χ4n) is 2.18. The molecule has 0 amide bonds. The third-order valence-electron chi connectivity index (χ3n) is 3.14. The van der Waals surface area contributed by atoms with Gasteiger partial charge in [0.05, 0.1) is 6.04 Å². The zero-order valence-electron chi connectivity index (χ0n) is 9.92. The van der Waals surface area contributed by atoms with Crippen molar-refractivity contribution in [1.82, 2.24) is 5.32 Å². The van der Waals surface area contributed by atoms with E-state index in [4.69, 9.17) is 5.73 Å². The maximum atomic E-state index is 5.82. The lowest BCUT2D eigenvalue weighted by Gasteiger charge is -2.15. The maximum Gasteiger partial charge on any atom is 0.0539 e. The molecule has 1 aliphatic carbocycles. The van der Waals surface area contributed by atoms with Crippen molar-refractivity contribution in [3.8, 4) is 0 Å². The van der Waals surface area contributed by atoms with Crippen molar-refractivity contribution in [2.45, 2.75) is 31.7 Å². The fourth-order valence-corrected chi connectivity index (χ4v) is 3.72. The Kier molecular flexibility index (Phi) is 5.22. The van der Waals surface area contributed by atoms with Gasteiger partial charge in [0.25, 0.3) is 0 Å². The number of nitrogens with one attached hydrogen (secondary N) is 1. The minimum atomic E-state index is 0.299. The lowest BCUT2D eigenvalue weighted by molar-refractivity contribution is 0.549. The molecule has 0 radical (unpaired) electrons. The van der Waals surface area contributed by atoms with Gasteiger partial charge in [0, 0.05) is 21.3 Å². The van der Waals surface area contributed by atoms with Crippen molar-refractivity contribution in [2.75, 3.05) is 13.1 Å². The van der Waals surface area contributed by atoms with Gasteiger partial charge < -0.3 is 11.1 Å². The molecular weight excluding hydrogens is 296 g/mol. The molecule has 2 nitrogen and oxygen atoms in total. The number of allylic oxidation sites excluding steroid dienone is 1. The SMILES string of the molecule is NCC(NCCC1=CCCC1)c1cc(Br)cs1. The van der Waals surface area contributed by atoms with Gasteiger partial charge in [-0.25, -0.2) is 0 Å². The Balaban J connectivity index is 1.79. The number of hydrogen-bond acceptors (Lipinski definition) is 3. The van der Waals surface area contributed by atoms with E-state index in [2.05, 4.69) is 38.8 Å². The van der Waals surface area contributed by atoms with Crippen LogP contribution in [0.25, 0.3) is 0 Å². The Bertz CT molecular complexity index is 387. The first kappa shape index (κ1) is 13.3.